The molecule has 2 amide bonds. The number of aromatic nitrogens is 2. The van der Waals surface area contributed by atoms with E-state index in [4.69, 9.17) is 0 Å². The second-order valence-corrected chi connectivity index (χ2v) is 4.13. The second-order valence-electron chi connectivity index (χ2n) is 4.13. The zero-order valence-electron chi connectivity index (χ0n) is 11.0. The van der Waals surface area contributed by atoms with Gasteiger partial charge in [-0.3, -0.25) is 9.59 Å². The minimum atomic E-state index is -1.13. The molecule has 21 heavy (non-hydrogen) atoms. The Bertz CT molecular complexity index is 650. The molecular formula is C14H13FN4O2. The van der Waals surface area contributed by atoms with Crippen molar-refractivity contribution in [2.45, 2.75) is 0 Å². The third-order valence-corrected chi connectivity index (χ3v) is 2.58. The van der Waals surface area contributed by atoms with Gasteiger partial charge in [-0.2, -0.15) is 5.10 Å². The Labute approximate surface area is 120 Å². The summed E-state index contributed by atoms with van der Waals surface area (Å²) in [7, 11) is 0. The molecule has 0 aliphatic rings. The monoisotopic (exact) mass is 288 g/mol. The Hall–Kier alpha value is -2.96. The molecule has 0 aliphatic carbocycles. The van der Waals surface area contributed by atoms with Crippen LogP contribution < -0.4 is 10.6 Å². The van der Waals surface area contributed by atoms with Crippen molar-refractivity contribution in [2.75, 3.05) is 11.9 Å². The fraction of sp³-hybridized carbons (Fsp3) is 0.0714. The number of carbonyl (C=O) groups is 2. The summed E-state index contributed by atoms with van der Waals surface area (Å²) < 4.78 is 14.1. The standard InChI is InChI=1S/C14H13FN4O2/c1-10(15)14(21)16-9-13(20)18-11-3-5-12(6-4-11)19-8-2-7-17-19/h2-8H,1,9H2,(H,16,21)(H,18,20). The van der Waals surface area contributed by atoms with Crippen LogP contribution in [0.1, 0.15) is 0 Å². The molecule has 0 spiro atoms. The number of hydrogen-bond donors (Lipinski definition) is 2. The van der Waals surface area contributed by atoms with E-state index in [1.54, 1.807) is 47.4 Å². The van der Waals surface area contributed by atoms with Gasteiger partial charge in [-0.15, -0.1) is 0 Å². The van der Waals surface area contributed by atoms with Crippen LogP contribution in [-0.2, 0) is 9.59 Å². The van der Waals surface area contributed by atoms with Crippen molar-refractivity contribution >= 4 is 17.5 Å². The van der Waals surface area contributed by atoms with Crippen LogP contribution in [0.3, 0.4) is 0 Å². The summed E-state index contributed by atoms with van der Waals surface area (Å²) in [5.41, 5.74) is 1.41. The van der Waals surface area contributed by atoms with Crippen LogP contribution in [0, 0.1) is 0 Å². The van der Waals surface area contributed by atoms with Gasteiger partial charge in [0.05, 0.1) is 12.2 Å². The lowest BCUT2D eigenvalue weighted by atomic mass is 10.3. The average Bonchev–Trinajstić information content (AvgIpc) is 2.99. The first-order valence-electron chi connectivity index (χ1n) is 6.09. The molecule has 0 atom stereocenters. The fourth-order valence-electron chi connectivity index (χ4n) is 1.58. The van der Waals surface area contributed by atoms with Crippen molar-refractivity contribution in [2.24, 2.45) is 0 Å². The van der Waals surface area contributed by atoms with E-state index in [-0.39, 0.29) is 6.54 Å². The van der Waals surface area contributed by atoms with Crippen LogP contribution >= 0.6 is 0 Å². The number of nitrogens with one attached hydrogen (secondary N) is 2. The number of amides is 2. The summed E-state index contributed by atoms with van der Waals surface area (Å²) in [4.78, 5) is 22.5. The third kappa shape index (κ3) is 4.00. The first-order chi connectivity index (χ1) is 10.1. The van der Waals surface area contributed by atoms with Gasteiger partial charge in [-0.1, -0.05) is 6.58 Å². The number of hydrogen-bond acceptors (Lipinski definition) is 3. The van der Waals surface area contributed by atoms with Crippen LogP contribution in [0.5, 0.6) is 0 Å². The molecule has 0 aliphatic heterocycles. The first kappa shape index (κ1) is 14.4. The Morgan fingerprint density at radius 3 is 2.57 bits per heavy atom. The van der Waals surface area contributed by atoms with Gasteiger partial charge < -0.3 is 10.6 Å². The number of rotatable bonds is 5. The maximum atomic E-state index is 12.4. The number of carbonyl (C=O) groups excluding carboxylic acids is 2. The molecule has 2 rings (SSSR count). The Morgan fingerprint density at radius 1 is 1.29 bits per heavy atom. The normalized spacial score (nSPS) is 9.95. The zero-order chi connectivity index (χ0) is 15.2. The van der Waals surface area contributed by atoms with Crippen LogP contribution in [-0.4, -0.2) is 28.1 Å². The highest BCUT2D eigenvalue weighted by Gasteiger charge is 2.08. The van der Waals surface area contributed by atoms with Gasteiger partial charge in [-0.25, -0.2) is 9.07 Å². The Morgan fingerprint density at radius 2 is 2.00 bits per heavy atom. The quantitative estimate of drug-likeness (QED) is 0.817. The van der Waals surface area contributed by atoms with E-state index in [1.165, 1.54) is 0 Å². The topological polar surface area (TPSA) is 76.0 Å². The molecule has 0 fully saturated rings. The highest BCUT2D eigenvalue weighted by Crippen LogP contribution is 2.12. The lowest BCUT2D eigenvalue weighted by Crippen LogP contribution is -2.32. The number of halogens is 1. The highest BCUT2D eigenvalue weighted by molar-refractivity contribution is 5.97. The molecule has 7 heteroatoms. The number of anilines is 1. The van der Waals surface area contributed by atoms with E-state index in [0.29, 0.717) is 5.69 Å². The van der Waals surface area contributed by atoms with Crippen LogP contribution in [0.15, 0.2) is 55.1 Å². The van der Waals surface area contributed by atoms with Gasteiger partial charge in [0.2, 0.25) is 5.91 Å². The first-order valence-corrected chi connectivity index (χ1v) is 6.09. The number of nitrogens with zero attached hydrogens (tertiary/aromatic N) is 2. The molecule has 108 valence electrons. The van der Waals surface area contributed by atoms with Gasteiger partial charge in [0.15, 0.2) is 5.83 Å². The second kappa shape index (κ2) is 6.47. The average molecular weight is 288 g/mol. The summed E-state index contributed by atoms with van der Waals surface area (Å²) >= 11 is 0. The predicted molar refractivity (Wildman–Crippen MR) is 75.5 cm³/mol. The maximum absolute atomic E-state index is 12.4. The molecule has 0 saturated heterocycles. The van der Waals surface area contributed by atoms with E-state index < -0.39 is 17.6 Å². The molecule has 1 aromatic carbocycles. The van der Waals surface area contributed by atoms with Crippen molar-refractivity contribution in [3.8, 4) is 5.69 Å². The number of benzene rings is 1. The summed E-state index contributed by atoms with van der Waals surface area (Å²) in [5, 5.41) is 8.75. The lowest BCUT2D eigenvalue weighted by Gasteiger charge is -2.07. The molecule has 1 heterocycles. The smallest absolute Gasteiger partial charge is 0.279 e. The minimum absolute atomic E-state index is 0.331. The summed E-state index contributed by atoms with van der Waals surface area (Å²) in [6.07, 6.45) is 3.46. The van der Waals surface area contributed by atoms with Crippen LogP contribution in [0.4, 0.5) is 10.1 Å². The van der Waals surface area contributed by atoms with Crippen molar-refractivity contribution in [1.82, 2.24) is 15.1 Å². The van der Waals surface area contributed by atoms with E-state index in [0.717, 1.165) is 5.69 Å². The zero-order valence-corrected chi connectivity index (χ0v) is 11.0. The molecule has 0 bridgehead atoms. The SMILES string of the molecule is C=C(F)C(=O)NCC(=O)Nc1ccc(-n2cccn2)cc1. The summed E-state index contributed by atoms with van der Waals surface area (Å²) in [6.45, 7) is 2.50. The third-order valence-electron chi connectivity index (χ3n) is 2.58. The van der Waals surface area contributed by atoms with Crippen LogP contribution in [0.2, 0.25) is 0 Å². The highest BCUT2D eigenvalue weighted by atomic mass is 19.1. The molecule has 2 N–H and O–H groups in total. The van der Waals surface area contributed by atoms with Gasteiger partial charge in [0, 0.05) is 18.1 Å². The Balaban J connectivity index is 1.90. The lowest BCUT2D eigenvalue weighted by molar-refractivity contribution is -0.122. The summed E-state index contributed by atoms with van der Waals surface area (Å²) in [6, 6.07) is 8.77. The van der Waals surface area contributed by atoms with Crippen molar-refractivity contribution in [1.29, 1.82) is 0 Å². The van der Waals surface area contributed by atoms with Gasteiger partial charge >= 0.3 is 0 Å². The molecular weight excluding hydrogens is 275 g/mol. The van der Waals surface area contributed by atoms with Crippen LogP contribution in [0.25, 0.3) is 5.69 Å². The Kier molecular flexibility index (Phi) is 4.45. The van der Waals surface area contributed by atoms with Crippen molar-refractivity contribution < 1.29 is 14.0 Å². The largest absolute Gasteiger partial charge is 0.341 e. The van der Waals surface area contributed by atoms with Gasteiger partial charge in [0.1, 0.15) is 0 Å². The maximum Gasteiger partial charge on any atom is 0.279 e. The fourth-order valence-corrected chi connectivity index (χ4v) is 1.58. The van der Waals surface area contributed by atoms with Crippen molar-refractivity contribution in [3.63, 3.8) is 0 Å². The van der Waals surface area contributed by atoms with E-state index in [1.807, 2.05) is 0 Å². The predicted octanol–water partition coefficient (Wildman–Crippen LogP) is 1.41. The molecule has 0 unspecified atom stereocenters. The molecule has 0 radical (unpaired) electrons. The molecule has 0 saturated carbocycles. The minimum Gasteiger partial charge on any atom is -0.341 e. The van der Waals surface area contributed by atoms with Gasteiger partial charge in [-0.05, 0) is 30.3 Å². The molecule has 1 aromatic heterocycles. The van der Waals surface area contributed by atoms with E-state index in [2.05, 4.69) is 22.3 Å². The van der Waals surface area contributed by atoms with Gasteiger partial charge in [0.25, 0.3) is 5.91 Å². The molecule has 6 nitrogen and oxygen atoms in total. The molecule has 2 aromatic rings. The van der Waals surface area contributed by atoms with E-state index in [9.17, 15) is 14.0 Å². The summed E-state index contributed by atoms with van der Waals surface area (Å²) in [5.74, 6) is -2.60. The van der Waals surface area contributed by atoms with E-state index >= 15 is 0 Å². The van der Waals surface area contributed by atoms with Crippen molar-refractivity contribution in [3.05, 3.63) is 55.1 Å².